The molecule has 1 atom stereocenters. The van der Waals surface area contributed by atoms with E-state index in [0.717, 1.165) is 18.8 Å². The van der Waals surface area contributed by atoms with Crippen molar-refractivity contribution in [1.82, 2.24) is 0 Å². The Balaban J connectivity index is 2.67. The van der Waals surface area contributed by atoms with Crippen molar-refractivity contribution in [3.63, 3.8) is 0 Å². The summed E-state index contributed by atoms with van der Waals surface area (Å²) < 4.78 is 0. The van der Waals surface area contributed by atoms with Gasteiger partial charge in [-0.1, -0.05) is 0 Å². The van der Waals surface area contributed by atoms with Crippen LogP contribution in [0.25, 0.3) is 0 Å². The molecule has 3 heteroatoms. The van der Waals surface area contributed by atoms with Gasteiger partial charge in [0.2, 0.25) is 0 Å². The van der Waals surface area contributed by atoms with Crippen LogP contribution in [0.1, 0.15) is 20.8 Å². The van der Waals surface area contributed by atoms with Crippen molar-refractivity contribution in [2.24, 2.45) is 5.73 Å². The van der Waals surface area contributed by atoms with E-state index < -0.39 is 0 Å². The number of nitrogens with zero attached hydrogens (tertiary/aromatic N) is 1. The molecule has 0 aliphatic heterocycles. The molecule has 16 heavy (non-hydrogen) atoms. The van der Waals surface area contributed by atoms with Crippen molar-refractivity contribution in [3.8, 4) is 0 Å². The van der Waals surface area contributed by atoms with Gasteiger partial charge in [-0.05, 0) is 45.0 Å². The van der Waals surface area contributed by atoms with Crippen LogP contribution in [0, 0.1) is 0 Å². The Morgan fingerprint density at radius 1 is 1.19 bits per heavy atom. The Bertz CT molecular complexity index is 291. The molecule has 3 N–H and O–H groups in total. The fourth-order valence-corrected chi connectivity index (χ4v) is 1.70. The molecule has 0 amide bonds. The largest absolute Gasteiger partial charge is 0.381 e. The maximum absolute atomic E-state index is 5.57. The molecule has 1 rings (SSSR count). The molecule has 0 radical (unpaired) electrons. The first-order chi connectivity index (χ1) is 7.71. The summed E-state index contributed by atoms with van der Waals surface area (Å²) in [4.78, 5) is 2.33. The second kappa shape index (κ2) is 6.38. The lowest BCUT2D eigenvalue weighted by molar-refractivity contribution is 0.804. The van der Waals surface area contributed by atoms with E-state index in [0.29, 0.717) is 12.6 Å². The van der Waals surface area contributed by atoms with Gasteiger partial charge in [0.05, 0.1) is 0 Å². The Labute approximate surface area is 98.6 Å². The average molecular weight is 221 g/mol. The van der Waals surface area contributed by atoms with Gasteiger partial charge in [-0.3, -0.25) is 0 Å². The van der Waals surface area contributed by atoms with E-state index in [-0.39, 0.29) is 0 Å². The zero-order chi connectivity index (χ0) is 12.0. The summed E-state index contributed by atoms with van der Waals surface area (Å²) >= 11 is 0. The first kappa shape index (κ1) is 12.8. The number of hydrogen-bond donors (Lipinski definition) is 2. The number of nitrogens with one attached hydrogen (secondary N) is 1. The summed E-state index contributed by atoms with van der Waals surface area (Å²) in [6, 6.07) is 8.84. The Kier molecular flexibility index (Phi) is 5.12. The normalized spacial score (nSPS) is 12.2. The molecule has 90 valence electrons. The summed E-state index contributed by atoms with van der Waals surface area (Å²) in [5, 5.41) is 3.35. The monoisotopic (exact) mass is 221 g/mol. The van der Waals surface area contributed by atoms with E-state index in [1.54, 1.807) is 0 Å². The Morgan fingerprint density at radius 2 is 1.75 bits per heavy atom. The molecule has 0 fully saturated rings. The van der Waals surface area contributed by atoms with Crippen LogP contribution in [0.15, 0.2) is 24.3 Å². The molecule has 0 saturated heterocycles. The van der Waals surface area contributed by atoms with Crippen LogP contribution in [-0.2, 0) is 0 Å². The molecule has 0 aromatic heterocycles. The highest BCUT2D eigenvalue weighted by molar-refractivity contribution is 5.55. The van der Waals surface area contributed by atoms with Crippen molar-refractivity contribution < 1.29 is 0 Å². The maximum Gasteiger partial charge on any atom is 0.0367 e. The average Bonchev–Trinajstić information content (AvgIpc) is 2.32. The number of hydrogen-bond acceptors (Lipinski definition) is 3. The van der Waals surface area contributed by atoms with Gasteiger partial charge in [-0.2, -0.15) is 0 Å². The molecule has 0 bridgehead atoms. The van der Waals surface area contributed by atoms with E-state index in [9.17, 15) is 0 Å². The zero-order valence-electron chi connectivity index (χ0n) is 10.5. The lowest BCUT2D eigenvalue weighted by Crippen LogP contribution is -2.25. The van der Waals surface area contributed by atoms with Crippen LogP contribution >= 0.6 is 0 Å². The fraction of sp³-hybridized carbons (Fsp3) is 0.538. The van der Waals surface area contributed by atoms with Crippen LogP contribution < -0.4 is 16.0 Å². The van der Waals surface area contributed by atoms with Gasteiger partial charge < -0.3 is 16.0 Å². The van der Waals surface area contributed by atoms with Gasteiger partial charge >= 0.3 is 0 Å². The molecular formula is C13H23N3. The highest BCUT2D eigenvalue weighted by Gasteiger charge is 2.02. The first-order valence-electron chi connectivity index (χ1n) is 6.02. The van der Waals surface area contributed by atoms with E-state index in [2.05, 4.69) is 55.3 Å². The summed E-state index contributed by atoms with van der Waals surface area (Å²) in [5.41, 5.74) is 7.98. The second-order valence-corrected chi connectivity index (χ2v) is 4.00. The highest BCUT2D eigenvalue weighted by atomic mass is 15.1. The van der Waals surface area contributed by atoms with E-state index in [4.69, 9.17) is 5.73 Å². The van der Waals surface area contributed by atoms with Crippen molar-refractivity contribution >= 4 is 11.4 Å². The van der Waals surface area contributed by atoms with Crippen LogP contribution in [-0.4, -0.2) is 25.7 Å². The highest BCUT2D eigenvalue weighted by Crippen LogP contribution is 2.17. The minimum Gasteiger partial charge on any atom is -0.381 e. The quantitative estimate of drug-likeness (QED) is 0.774. The van der Waals surface area contributed by atoms with Crippen molar-refractivity contribution in [2.45, 2.75) is 26.8 Å². The molecule has 0 heterocycles. The Hall–Kier alpha value is -1.22. The van der Waals surface area contributed by atoms with Gasteiger partial charge in [0.25, 0.3) is 0 Å². The first-order valence-corrected chi connectivity index (χ1v) is 6.02. The molecule has 1 unspecified atom stereocenters. The molecule has 0 saturated carbocycles. The molecule has 0 aliphatic rings. The van der Waals surface area contributed by atoms with Gasteiger partial charge in [0, 0.05) is 37.1 Å². The number of nitrogens with two attached hydrogens (primary N) is 1. The van der Waals surface area contributed by atoms with E-state index >= 15 is 0 Å². The van der Waals surface area contributed by atoms with Gasteiger partial charge in [0.1, 0.15) is 0 Å². The minimum absolute atomic E-state index is 0.319. The topological polar surface area (TPSA) is 41.3 Å². The van der Waals surface area contributed by atoms with Crippen molar-refractivity contribution in [3.05, 3.63) is 24.3 Å². The lowest BCUT2D eigenvalue weighted by atomic mass is 10.2. The van der Waals surface area contributed by atoms with Gasteiger partial charge in [0.15, 0.2) is 0 Å². The van der Waals surface area contributed by atoms with Crippen LogP contribution in [0.2, 0.25) is 0 Å². The molecule has 1 aromatic rings. The molecule has 0 spiro atoms. The van der Waals surface area contributed by atoms with E-state index in [1.165, 1.54) is 5.69 Å². The minimum atomic E-state index is 0.319. The summed E-state index contributed by atoms with van der Waals surface area (Å²) in [6.45, 7) is 9.17. The van der Waals surface area contributed by atoms with E-state index in [1.807, 2.05) is 0 Å². The smallest absolute Gasteiger partial charge is 0.0367 e. The predicted octanol–water partition coefficient (Wildman–Crippen LogP) is 2.29. The molecule has 3 nitrogen and oxygen atoms in total. The second-order valence-electron chi connectivity index (χ2n) is 4.00. The summed E-state index contributed by atoms with van der Waals surface area (Å²) in [7, 11) is 0. The molecule has 1 aromatic carbocycles. The number of benzene rings is 1. The maximum atomic E-state index is 5.57. The summed E-state index contributed by atoms with van der Waals surface area (Å²) in [5.74, 6) is 0. The number of rotatable bonds is 6. The van der Waals surface area contributed by atoms with Gasteiger partial charge in [-0.25, -0.2) is 0 Å². The third-order valence-corrected chi connectivity index (χ3v) is 2.76. The third-order valence-electron chi connectivity index (χ3n) is 2.76. The number of anilines is 2. The Morgan fingerprint density at radius 3 is 2.19 bits per heavy atom. The van der Waals surface area contributed by atoms with Gasteiger partial charge in [-0.15, -0.1) is 0 Å². The third kappa shape index (κ3) is 3.42. The zero-order valence-corrected chi connectivity index (χ0v) is 10.5. The van der Waals surface area contributed by atoms with Crippen molar-refractivity contribution in [2.75, 3.05) is 29.9 Å². The van der Waals surface area contributed by atoms with Crippen LogP contribution in [0.4, 0.5) is 11.4 Å². The summed E-state index contributed by atoms with van der Waals surface area (Å²) in [6.07, 6.45) is 0. The predicted molar refractivity (Wildman–Crippen MR) is 72.1 cm³/mol. The van der Waals surface area contributed by atoms with Crippen LogP contribution in [0.5, 0.6) is 0 Å². The lowest BCUT2D eigenvalue weighted by Gasteiger charge is -2.21. The fourth-order valence-electron chi connectivity index (χ4n) is 1.70. The molecule has 0 aliphatic carbocycles. The van der Waals surface area contributed by atoms with Crippen LogP contribution in [0.3, 0.4) is 0 Å². The van der Waals surface area contributed by atoms with Crippen molar-refractivity contribution in [1.29, 1.82) is 0 Å². The standard InChI is InChI=1S/C13H23N3/c1-4-16(5-2)13-8-6-12(7-9-13)15-11(3)10-14/h6-9,11,15H,4-5,10,14H2,1-3H3. The SMILES string of the molecule is CCN(CC)c1ccc(NC(C)CN)cc1. The molecular weight excluding hydrogens is 198 g/mol.